The minimum atomic E-state index is -0.575. The van der Waals surface area contributed by atoms with Gasteiger partial charge in [-0.25, -0.2) is 4.39 Å². The molecule has 1 rings (SSSR count). The number of carbonyl (C=O) groups is 1. The van der Waals surface area contributed by atoms with Gasteiger partial charge in [-0.2, -0.15) is 0 Å². The van der Waals surface area contributed by atoms with E-state index in [0.717, 1.165) is 6.07 Å². The van der Waals surface area contributed by atoms with Gasteiger partial charge in [0.15, 0.2) is 0 Å². The predicted octanol–water partition coefficient (Wildman–Crippen LogP) is 1.48. The van der Waals surface area contributed by atoms with Crippen LogP contribution < -0.4 is 11.1 Å². The van der Waals surface area contributed by atoms with Crippen LogP contribution >= 0.6 is 0 Å². The van der Waals surface area contributed by atoms with Gasteiger partial charge >= 0.3 is 0 Å². The van der Waals surface area contributed by atoms with Crippen LogP contribution in [0.25, 0.3) is 0 Å². The van der Waals surface area contributed by atoms with Crippen molar-refractivity contribution in [2.75, 3.05) is 26.4 Å². The van der Waals surface area contributed by atoms with Crippen molar-refractivity contribution in [1.82, 2.24) is 10.2 Å². The SMILES string of the molecule is CN(C)C(C)(C)CNC(=O)c1ccc(N)c(F)c1. The zero-order chi connectivity index (χ0) is 13.9. The molecule has 1 amide bonds. The van der Waals surface area contributed by atoms with Crippen LogP contribution in [0.3, 0.4) is 0 Å². The topological polar surface area (TPSA) is 58.4 Å². The molecular weight excluding hydrogens is 233 g/mol. The highest BCUT2D eigenvalue weighted by Crippen LogP contribution is 2.13. The van der Waals surface area contributed by atoms with Gasteiger partial charge in [-0.05, 0) is 46.1 Å². The summed E-state index contributed by atoms with van der Waals surface area (Å²) in [4.78, 5) is 13.9. The van der Waals surface area contributed by atoms with E-state index >= 15 is 0 Å². The molecule has 0 aliphatic carbocycles. The van der Waals surface area contributed by atoms with Crippen LogP contribution in [-0.2, 0) is 0 Å². The molecule has 0 aliphatic rings. The van der Waals surface area contributed by atoms with Gasteiger partial charge in [-0.15, -0.1) is 0 Å². The van der Waals surface area contributed by atoms with E-state index in [1.165, 1.54) is 12.1 Å². The van der Waals surface area contributed by atoms with Gasteiger partial charge < -0.3 is 16.0 Å². The lowest BCUT2D eigenvalue weighted by atomic mass is 10.0. The Morgan fingerprint density at radius 2 is 2.06 bits per heavy atom. The molecule has 1 aromatic carbocycles. The van der Waals surface area contributed by atoms with Crippen molar-refractivity contribution in [2.45, 2.75) is 19.4 Å². The third-order valence-electron chi connectivity index (χ3n) is 3.15. The lowest BCUT2D eigenvalue weighted by Crippen LogP contribution is -2.48. The minimum absolute atomic E-state index is 0.0418. The van der Waals surface area contributed by atoms with E-state index in [1.807, 2.05) is 32.8 Å². The molecule has 0 saturated carbocycles. The first-order valence-electron chi connectivity index (χ1n) is 5.74. The van der Waals surface area contributed by atoms with Crippen LogP contribution in [0.5, 0.6) is 0 Å². The Morgan fingerprint density at radius 1 is 1.44 bits per heavy atom. The second kappa shape index (κ2) is 5.35. The lowest BCUT2D eigenvalue weighted by molar-refractivity contribution is 0.0919. The molecule has 1 aromatic rings. The van der Waals surface area contributed by atoms with Gasteiger partial charge in [0.2, 0.25) is 0 Å². The van der Waals surface area contributed by atoms with Crippen molar-refractivity contribution in [3.05, 3.63) is 29.6 Å². The second-order valence-corrected chi connectivity index (χ2v) is 5.13. The summed E-state index contributed by atoms with van der Waals surface area (Å²) in [6, 6.07) is 4.05. The number of anilines is 1. The maximum absolute atomic E-state index is 13.2. The van der Waals surface area contributed by atoms with E-state index in [9.17, 15) is 9.18 Å². The number of nitrogen functional groups attached to an aromatic ring is 1. The maximum atomic E-state index is 13.2. The molecule has 0 saturated heterocycles. The van der Waals surface area contributed by atoms with Crippen molar-refractivity contribution in [1.29, 1.82) is 0 Å². The Hall–Kier alpha value is -1.62. The molecule has 4 nitrogen and oxygen atoms in total. The zero-order valence-electron chi connectivity index (χ0n) is 11.2. The first kappa shape index (κ1) is 14.4. The van der Waals surface area contributed by atoms with Crippen molar-refractivity contribution >= 4 is 11.6 Å². The average Bonchev–Trinajstić information content (AvgIpc) is 2.29. The number of hydrogen-bond acceptors (Lipinski definition) is 3. The highest BCUT2D eigenvalue weighted by molar-refractivity contribution is 5.94. The fourth-order valence-electron chi connectivity index (χ4n) is 1.23. The van der Waals surface area contributed by atoms with Crippen molar-refractivity contribution < 1.29 is 9.18 Å². The lowest BCUT2D eigenvalue weighted by Gasteiger charge is -2.32. The van der Waals surface area contributed by atoms with Gasteiger partial charge in [0.25, 0.3) is 5.91 Å². The minimum Gasteiger partial charge on any atom is -0.396 e. The molecule has 5 heteroatoms. The first-order valence-corrected chi connectivity index (χ1v) is 5.74. The largest absolute Gasteiger partial charge is 0.396 e. The molecule has 0 spiro atoms. The summed E-state index contributed by atoms with van der Waals surface area (Å²) in [5, 5.41) is 2.78. The maximum Gasteiger partial charge on any atom is 0.251 e. The highest BCUT2D eigenvalue weighted by Gasteiger charge is 2.21. The van der Waals surface area contributed by atoms with Crippen LogP contribution in [0, 0.1) is 5.82 Å². The molecule has 0 heterocycles. The summed E-state index contributed by atoms with van der Waals surface area (Å²) in [5.74, 6) is -0.877. The number of halogens is 1. The fraction of sp³-hybridized carbons (Fsp3) is 0.462. The molecule has 0 aliphatic heterocycles. The first-order chi connectivity index (χ1) is 8.24. The quantitative estimate of drug-likeness (QED) is 0.799. The number of rotatable bonds is 4. The predicted molar refractivity (Wildman–Crippen MR) is 70.9 cm³/mol. The Balaban J connectivity index is 2.69. The molecule has 0 radical (unpaired) electrons. The summed E-state index contributed by atoms with van der Waals surface area (Å²) in [6.45, 7) is 4.50. The van der Waals surface area contributed by atoms with E-state index in [2.05, 4.69) is 5.32 Å². The average molecular weight is 253 g/mol. The second-order valence-electron chi connectivity index (χ2n) is 5.13. The third kappa shape index (κ3) is 3.43. The molecule has 0 aromatic heterocycles. The summed E-state index contributed by atoms with van der Waals surface area (Å²) < 4.78 is 13.2. The van der Waals surface area contributed by atoms with Gasteiger partial charge in [-0.1, -0.05) is 0 Å². The van der Waals surface area contributed by atoms with Crippen LogP contribution in [0.15, 0.2) is 18.2 Å². The number of likely N-dealkylation sites (N-methyl/N-ethyl adjacent to an activating group) is 1. The molecular formula is C13H20FN3O. The fourth-order valence-corrected chi connectivity index (χ4v) is 1.23. The Morgan fingerprint density at radius 3 is 2.56 bits per heavy atom. The van der Waals surface area contributed by atoms with E-state index in [4.69, 9.17) is 5.73 Å². The normalized spacial score (nSPS) is 11.7. The van der Waals surface area contributed by atoms with Crippen molar-refractivity contribution in [3.63, 3.8) is 0 Å². The number of nitrogens with zero attached hydrogens (tertiary/aromatic N) is 1. The Bertz CT molecular complexity index is 444. The zero-order valence-corrected chi connectivity index (χ0v) is 11.2. The third-order valence-corrected chi connectivity index (χ3v) is 3.15. The smallest absolute Gasteiger partial charge is 0.251 e. The summed E-state index contributed by atoms with van der Waals surface area (Å²) in [7, 11) is 3.88. The van der Waals surface area contributed by atoms with Crippen LogP contribution in [0.4, 0.5) is 10.1 Å². The molecule has 0 atom stereocenters. The number of amides is 1. The van der Waals surface area contributed by atoms with Crippen LogP contribution in [0.2, 0.25) is 0 Å². The Kier molecular flexibility index (Phi) is 4.29. The monoisotopic (exact) mass is 253 g/mol. The van der Waals surface area contributed by atoms with Crippen LogP contribution in [0.1, 0.15) is 24.2 Å². The van der Waals surface area contributed by atoms with Gasteiger partial charge in [0.05, 0.1) is 5.69 Å². The summed E-state index contributed by atoms with van der Waals surface area (Å²) in [5.41, 5.74) is 5.51. The number of hydrogen-bond donors (Lipinski definition) is 2. The van der Waals surface area contributed by atoms with E-state index in [-0.39, 0.29) is 22.7 Å². The number of carbonyl (C=O) groups excluding carboxylic acids is 1. The number of benzene rings is 1. The van der Waals surface area contributed by atoms with Crippen molar-refractivity contribution in [2.24, 2.45) is 0 Å². The van der Waals surface area contributed by atoms with Gasteiger partial charge in [-0.3, -0.25) is 4.79 Å². The van der Waals surface area contributed by atoms with E-state index in [1.54, 1.807) is 0 Å². The Labute approximate surface area is 107 Å². The van der Waals surface area contributed by atoms with Crippen molar-refractivity contribution in [3.8, 4) is 0 Å². The molecule has 0 unspecified atom stereocenters. The van der Waals surface area contributed by atoms with Crippen LogP contribution in [-0.4, -0.2) is 37.0 Å². The number of nitrogens with one attached hydrogen (secondary N) is 1. The molecule has 0 fully saturated rings. The molecule has 3 N–H and O–H groups in total. The highest BCUT2D eigenvalue weighted by atomic mass is 19.1. The number of nitrogens with two attached hydrogens (primary N) is 1. The van der Waals surface area contributed by atoms with Gasteiger partial charge in [0, 0.05) is 17.6 Å². The molecule has 18 heavy (non-hydrogen) atoms. The van der Waals surface area contributed by atoms with E-state index < -0.39 is 5.82 Å². The molecule has 100 valence electrons. The summed E-state index contributed by atoms with van der Waals surface area (Å²) in [6.07, 6.45) is 0. The standard InChI is InChI=1S/C13H20FN3O/c1-13(2,17(3)4)8-16-12(18)9-5-6-11(15)10(14)7-9/h5-7H,8,15H2,1-4H3,(H,16,18). The van der Waals surface area contributed by atoms with E-state index in [0.29, 0.717) is 6.54 Å². The molecule has 0 bridgehead atoms. The summed E-state index contributed by atoms with van der Waals surface area (Å²) >= 11 is 0. The van der Waals surface area contributed by atoms with Gasteiger partial charge in [0.1, 0.15) is 5.82 Å².